The summed E-state index contributed by atoms with van der Waals surface area (Å²) in [5.41, 5.74) is 0.782. The predicted molar refractivity (Wildman–Crippen MR) is 80.4 cm³/mol. The van der Waals surface area contributed by atoms with Crippen LogP contribution in [0.4, 0.5) is 0 Å². The van der Waals surface area contributed by atoms with Gasteiger partial charge >= 0.3 is 0 Å². The zero-order valence-corrected chi connectivity index (χ0v) is 13.1. The van der Waals surface area contributed by atoms with Crippen molar-refractivity contribution < 1.29 is 9.90 Å². The largest absolute Gasteiger partial charge is 0.385 e. The molecule has 1 fully saturated rings. The van der Waals surface area contributed by atoms with Gasteiger partial charge in [-0.15, -0.1) is 0 Å². The Morgan fingerprint density at radius 2 is 2.05 bits per heavy atom. The normalized spacial score (nSPS) is 18.3. The van der Waals surface area contributed by atoms with Gasteiger partial charge in [-0.25, -0.2) is 0 Å². The van der Waals surface area contributed by atoms with Gasteiger partial charge < -0.3 is 5.11 Å². The average Bonchev–Trinajstić information content (AvgIpc) is 2.42. The Hall–Kier alpha value is -0.380. The molecule has 1 unspecified atom stereocenters. The summed E-state index contributed by atoms with van der Waals surface area (Å²) in [4.78, 5) is 12.1. The standard InChI is InChI=1S/C15H18BrClO2/c16-12-7-6-11(13(17)9-12)8-14(18)15(19)10-4-2-1-3-5-10/h6-7,9-10,15,19H,1-5,8H2. The molecule has 0 heterocycles. The Balaban J connectivity index is 1.99. The molecule has 1 aromatic carbocycles. The van der Waals surface area contributed by atoms with Crippen molar-refractivity contribution in [2.45, 2.75) is 44.6 Å². The molecule has 104 valence electrons. The van der Waals surface area contributed by atoms with Crippen LogP contribution in [0.2, 0.25) is 5.02 Å². The van der Waals surface area contributed by atoms with E-state index in [0.29, 0.717) is 5.02 Å². The van der Waals surface area contributed by atoms with Gasteiger partial charge in [0.1, 0.15) is 6.10 Å². The number of hydrogen-bond acceptors (Lipinski definition) is 2. The van der Waals surface area contributed by atoms with E-state index >= 15 is 0 Å². The summed E-state index contributed by atoms with van der Waals surface area (Å²) < 4.78 is 0.890. The molecule has 1 atom stereocenters. The SMILES string of the molecule is O=C(Cc1ccc(Br)cc1Cl)C(O)C1CCCCC1. The maximum absolute atomic E-state index is 12.1. The lowest BCUT2D eigenvalue weighted by molar-refractivity contribution is -0.129. The van der Waals surface area contributed by atoms with Crippen LogP contribution < -0.4 is 0 Å². The topological polar surface area (TPSA) is 37.3 Å². The first-order chi connectivity index (χ1) is 9.08. The van der Waals surface area contributed by atoms with E-state index in [1.807, 2.05) is 12.1 Å². The van der Waals surface area contributed by atoms with Crippen LogP contribution in [0.15, 0.2) is 22.7 Å². The van der Waals surface area contributed by atoms with Crippen LogP contribution >= 0.6 is 27.5 Å². The van der Waals surface area contributed by atoms with E-state index in [2.05, 4.69) is 15.9 Å². The van der Waals surface area contributed by atoms with Crippen molar-refractivity contribution in [3.63, 3.8) is 0 Å². The summed E-state index contributed by atoms with van der Waals surface area (Å²) >= 11 is 9.44. The highest BCUT2D eigenvalue weighted by Crippen LogP contribution is 2.28. The Morgan fingerprint density at radius 3 is 2.68 bits per heavy atom. The fourth-order valence-corrected chi connectivity index (χ4v) is 3.41. The summed E-state index contributed by atoms with van der Waals surface area (Å²) in [6.45, 7) is 0. The van der Waals surface area contributed by atoms with Gasteiger partial charge in [-0.2, -0.15) is 0 Å². The molecule has 1 aromatic rings. The van der Waals surface area contributed by atoms with Gasteiger partial charge in [-0.1, -0.05) is 52.9 Å². The Bertz CT molecular complexity index is 455. The second kappa shape index (κ2) is 6.87. The number of carbonyl (C=O) groups is 1. The fraction of sp³-hybridized carbons (Fsp3) is 0.533. The van der Waals surface area contributed by atoms with Crippen LogP contribution in [0.25, 0.3) is 0 Å². The molecule has 0 saturated heterocycles. The van der Waals surface area contributed by atoms with E-state index < -0.39 is 6.10 Å². The van der Waals surface area contributed by atoms with Crippen LogP contribution in [0.3, 0.4) is 0 Å². The molecule has 1 aliphatic rings. The van der Waals surface area contributed by atoms with E-state index in [9.17, 15) is 9.90 Å². The summed E-state index contributed by atoms with van der Waals surface area (Å²) in [7, 11) is 0. The maximum Gasteiger partial charge on any atom is 0.165 e. The first-order valence-electron chi connectivity index (χ1n) is 6.72. The molecule has 19 heavy (non-hydrogen) atoms. The van der Waals surface area contributed by atoms with E-state index in [1.165, 1.54) is 6.42 Å². The Morgan fingerprint density at radius 1 is 1.37 bits per heavy atom. The molecule has 2 rings (SSSR count). The predicted octanol–water partition coefficient (Wildman–Crippen LogP) is 4.16. The van der Waals surface area contributed by atoms with Gasteiger partial charge in [0.25, 0.3) is 0 Å². The molecular weight excluding hydrogens is 328 g/mol. The molecule has 0 bridgehead atoms. The van der Waals surface area contributed by atoms with Crippen molar-refractivity contribution in [3.05, 3.63) is 33.3 Å². The molecule has 0 spiro atoms. The lowest BCUT2D eigenvalue weighted by atomic mass is 9.83. The van der Waals surface area contributed by atoms with Gasteiger partial charge in [0.2, 0.25) is 0 Å². The number of Topliss-reactive ketones (excluding diaryl/α,β-unsaturated/α-hetero) is 1. The molecule has 1 aliphatic carbocycles. The van der Waals surface area contributed by atoms with Crippen LogP contribution in [0, 0.1) is 5.92 Å². The second-order valence-corrected chi connectivity index (χ2v) is 6.54. The van der Waals surface area contributed by atoms with Gasteiger partial charge in [0.15, 0.2) is 5.78 Å². The summed E-state index contributed by atoms with van der Waals surface area (Å²) in [6.07, 6.45) is 4.75. The first-order valence-corrected chi connectivity index (χ1v) is 7.89. The van der Waals surface area contributed by atoms with Crippen molar-refractivity contribution >= 4 is 33.3 Å². The summed E-state index contributed by atoms with van der Waals surface area (Å²) in [5, 5.41) is 10.7. The summed E-state index contributed by atoms with van der Waals surface area (Å²) in [6, 6.07) is 5.47. The number of carbonyl (C=O) groups excluding carboxylic acids is 1. The quantitative estimate of drug-likeness (QED) is 0.890. The van der Waals surface area contributed by atoms with Crippen molar-refractivity contribution in [1.82, 2.24) is 0 Å². The zero-order valence-electron chi connectivity index (χ0n) is 10.7. The number of rotatable bonds is 4. The van der Waals surface area contributed by atoms with Crippen molar-refractivity contribution in [1.29, 1.82) is 0 Å². The smallest absolute Gasteiger partial charge is 0.165 e. The highest BCUT2D eigenvalue weighted by atomic mass is 79.9. The third-order valence-corrected chi connectivity index (χ3v) is 4.65. The highest BCUT2D eigenvalue weighted by Gasteiger charge is 2.27. The Labute approximate surface area is 127 Å². The van der Waals surface area contributed by atoms with E-state index in [0.717, 1.165) is 35.7 Å². The molecule has 0 aliphatic heterocycles. The number of ketones is 1. The number of aliphatic hydroxyl groups excluding tert-OH is 1. The van der Waals surface area contributed by atoms with Crippen molar-refractivity contribution in [2.75, 3.05) is 0 Å². The Kier molecular flexibility index (Phi) is 5.43. The molecule has 4 heteroatoms. The highest BCUT2D eigenvalue weighted by molar-refractivity contribution is 9.10. The number of halogens is 2. The number of benzene rings is 1. The fourth-order valence-electron chi connectivity index (χ4n) is 2.67. The maximum atomic E-state index is 12.1. The average molecular weight is 346 g/mol. The van der Waals surface area contributed by atoms with Gasteiger partial charge in [0.05, 0.1) is 0 Å². The third-order valence-electron chi connectivity index (χ3n) is 3.81. The monoisotopic (exact) mass is 344 g/mol. The lowest BCUT2D eigenvalue weighted by Gasteiger charge is -2.25. The minimum atomic E-state index is -0.833. The van der Waals surface area contributed by atoms with Gasteiger partial charge in [0, 0.05) is 15.9 Å². The molecular formula is C15H18BrClO2. The lowest BCUT2D eigenvalue weighted by Crippen LogP contribution is -2.32. The first kappa shape index (κ1) is 15.0. The van der Waals surface area contributed by atoms with Crippen molar-refractivity contribution in [2.24, 2.45) is 5.92 Å². The minimum absolute atomic E-state index is 0.115. The van der Waals surface area contributed by atoms with Crippen LogP contribution in [-0.4, -0.2) is 17.0 Å². The van der Waals surface area contributed by atoms with E-state index in [1.54, 1.807) is 6.07 Å². The van der Waals surface area contributed by atoms with Crippen LogP contribution in [0.1, 0.15) is 37.7 Å². The molecule has 0 radical (unpaired) electrons. The van der Waals surface area contributed by atoms with Crippen LogP contribution in [0.5, 0.6) is 0 Å². The van der Waals surface area contributed by atoms with E-state index in [4.69, 9.17) is 11.6 Å². The molecule has 1 N–H and O–H groups in total. The second-order valence-electron chi connectivity index (χ2n) is 5.22. The van der Waals surface area contributed by atoms with E-state index in [-0.39, 0.29) is 18.1 Å². The van der Waals surface area contributed by atoms with Crippen LogP contribution in [-0.2, 0) is 11.2 Å². The molecule has 1 saturated carbocycles. The van der Waals surface area contributed by atoms with Gasteiger partial charge in [-0.3, -0.25) is 4.79 Å². The molecule has 2 nitrogen and oxygen atoms in total. The summed E-state index contributed by atoms with van der Waals surface area (Å²) in [5.74, 6) is 0.0200. The minimum Gasteiger partial charge on any atom is -0.385 e. The molecule has 0 aromatic heterocycles. The zero-order chi connectivity index (χ0) is 13.8. The van der Waals surface area contributed by atoms with Crippen molar-refractivity contribution in [3.8, 4) is 0 Å². The number of hydrogen-bond donors (Lipinski definition) is 1. The van der Waals surface area contributed by atoms with Gasteiger partial charge in [-0.05, 0) is 36.5 Å². The number of aliphatic hydroxyl groups is 1. The molecule has 0 amide bonds. The third kappa shape index (κ3) is 4.04.